The van der Waals surface area contributed by atoms with Crippen LogP contribution in [0.3, 0.4) is 0 Å². The van der Waals surface area contributed by atoms with Gasteiger partial charge in [0, 0.05) is 28.7 Å². The van der Waals surface area contributed by atoms with Gasteiger partial charge in [-0.05, 0) is 75.7 Å². The van der Waals surface area contributed by atoms with E-state index in [0.29, 0.717) is 0 Å². The molecule has 1 N–H and O–H groups in total. The molecular weight excluding hydrogens is 462 g/mol. The summed E-state index contributed by atoms with van der Waals surface area (Å²) in [6.45, 7) is 6.78. The molecule has 0 bridgehead atoms. The Morgan fingerprint density at radius 1 is 1.17 bits per heavy atom. The highest BCUT2D eigenvalue weighted by Crippen LogP contribution is 2.26. The van der Waals surface area contributed by atoms with Gasteiger partial charge in [-0.25, -0.2) is 0 Å². The molecule has 1 aromatic heterocycles. The fraction of sp³-hybridized carbons (Fsp3) is 0.391. The molecule has 1 aliphatic heterocycles. The monoisotopic (exact) mass is 487 g/mol. The second-order valence-corrected chi connectivity index (χ2v) is 10.1. The molecule has 2 heterocycles. The number of rotatable bonds is 5. The predicted octanol–water partition coefficient (Wildman–Crippen LogP) is 5.26. The van der Waals surface area contributed by atoms with Crippen LogP contribution in [0.1, 0.15) is 38.3 Å². The number of benzene rings is 2. The molecule has 0 saturated carbocycles. The average molecular weight is 488 g/mol. The smallest absolute Gasteiger partial charge is 0.308 e. The number of piperidine rings is 1. The molecule has 158 valence electrons. The van der Waals surface area contributed by atoms with Crippen LogP contribution in [0.15, 0.2) is 51.7 Å². The summed E-state index contributed by atoms with van der Waals surface area (Å²) in [5, 5.41) is 3.07. The fourth-order valence-electron chi connectivity index (χ4n) is 4.05. The summed E-state index contributed by atoms with van der Waals surface area (Å²) in [6.07, 6.45) is 1.73. The van der Waals surface area contributed by atoms with E-state index in [9.17, 15) is 9.59 Å². The molecule has 0 unspecified atom stereocenters. The van der Waals surface area contributed by atoms with Gasteiger partial charge in [0.25, 0.3) is 0 Å². The normalized spacial score (nSPS) is 15.7. The number of halogens is 1. The van der Waals surface area contributed by atoms with Gasteiger partial charge in [-0.3, -0.25) is 19.1 Å². The summed E-state index contributed by atoms with van der Waals surface area (Å²) in [5.74, 6) is 0.106. The Morgan fingerprint density at radius 3 is 2.53 bits per heavy atom. The largest absolute Gasteiger partial charge is 0.326 e. The predicted molar refractivity (Wildman–Crippen MR) is 127 cm³/mol. The Bertz CT molecular complexity index is 1100. The Kier molecular flexibility index (Phi) is 6.41. The lowest BCUT2D eigenvalue weighted by atomic mass is 9.95. The van der Waals surface area contributed by atoms with E-state index in [-0.39, 0.29) is 22.7 Å². The topological polar surface area (TPSA) is 54.3 Å². The lowest BCUT2D eigenvalue weighted by molar-refractivity contribution is -0.121. The van der Waals surface area contributed by atoms with E-state index in [1.54, 1.807) is 4.57 Å². The fourth-order valence-corrected chi connectivity index (χ4v) is 5.37. The van der Waals surface area contributed by atoms with Gasteiger partial charge in [-0.1, -0.05) is 39.4 Å². The van der Waals surface area contributed by atoms with Gasteiger partial charge in [0.15, 0.2) is 0 Å². The highest BCUT2D eigenvalue weighted by molar-refractivity contribution is 9.10. The quantitative estimate of drug-likeness (QED) is 0.533. The standard InChI is InChI=1S/C23H26BrN3O2S/c1-15(2)27-20-8-7-19(13-21(20)30-23(27)29)25-22(28)17-9-11-26(12-10-17)14-16-3-5-18(24)6-4-16/h3-8,13,15,17H,9-12,14H2,1-2H3,(H,25,28). The van der Waals surface area contributed by atoms with E-state index in [1.165, 1.54) is 16.9 Å². The third kappa shape index (κ3) is 4.68. The number of fused-ring (bicyclic) bond motifs is 1. The molecule has 2 aromatic carbocycles. The van der Waals surface area contributed by atoms with Crippen molar-refractivity contribution in [2.24, 2.45) is 5.92 Å². The number of hydrogen-bond donors (Lipinski definition) is 1. The van der Waals surface area contributed by atoms with Crippen molar-refractivity contribution in [1.82, 2.24) is 9.47 Å². The molecule has 1 saturated heterocycles. The number of nitrogens with zero attached hydrogens (tertiary/aromatic N) is 2. The van der Waals surface area contributed by atoms with Gasteiger partial charge in [0.1, 0.15) is 0 Å². The van der Waals surface area contributed by atoms with Gasteiger partial charge in [-0.15, -0.1) is 0 Å². The molecule has 1 amide bonds. The van der Waals surface area contributed by atoms with E-state index < -0.39 is 0 Å². The molecule has 0 radical (unpaired) electrons. The molecule has 4 rings (SSSR count). The van der Waals surface area contributed by atoms with Crippen LogP contribution in [0.4, 0.5) is 5.69 Å². The summed E-state index contributed by atoms with van der Waals surface area (Å²) < 4.78 is 3.80. The van der Waals surface area contributed by atoms with Crippen molar-refractivity contribution in [2.45, 2.75) is 39.3 Å². The molecular formula is C23H26BrN3O2S. The van der Waals surface area contributed by atoms with Crippen LogP contribution in [-0.2, 0) is 11.3 Å². The maximum absolute atomic E-state index is 12.8. The molecule has 1 aliphatic rings. The van der Waals surface area contributed by atoms with Crippen LogP contribution in [0.25, 0.3) is 10.2 Å². The first-order valence-corrected chi connectivity index (χ1v) is 11.9. The number of anilines is 1. The minimum Gasteiger partial charge on any atom is -0.326 e. The van der Waals surface area contributed by atoms with Crippen LogP contribution in [0.5, 0.6) is 0 Å². The van der Waals surface area contributed by atoms with Crippen molar-refractivity contribution in [3.8, 4) is 0 Å². The molecule has 3 aromatic rings. The molecule has 5 nitrogen and oxygen atoms in total. The number of likely N-dealkylation sites (tertiary alicyclic amines) is 1. The average Bonchev–Trinajstić information content (AvgIpc) is 3.05. The zero-order valence-corrected chi connectivity index (χ0v) is 19.6. The summed E-state index contributed by atoms with van der Waals surface area (Å²) in [4.78, 5) is 27.5. The van der Waals surface area contributed by atoms with Gasteiger partial charge in [0.05, 0.1) is 10.2 Å². The Morgan fingerprint density at radius 2 is 1.87 bits per heavy atom. The van der Waals surface area contributed by atoms with Gasteiger partial charge >= 0.3 is 4.87 Å². The number of amides is 1. The van der Waals surface area contributed by atoms with Crippen molar-refractivity contribution in [1.29, 1.82) is 0 Å². The van der Waals surface area contributed by atoms with Gasteiger partial charge < -0.3 is 5.32 Å². The van der Waals surface area contributed by atoms with E-state index >= 15 is 0 Å². The van der Waals surface area contributed by atoms with Crippen LogP contribution in [-0.4, -0.2) is 28.5 Å². The number of nitrogens with one attached hydrogen (secondary N) is 1. The molecule has 0 spiro atoms. The maximum atomic E-state index is 12.8. The Balaban J connectivity index is 1.35. The zero-order valence-electron chi connectivity index (χ0n) is 17.2. The third-order valence-corrected chi connectivity index (χ3v) is 7.12. The highest BCUT2D eigenvalue weighted by atomic mass is 79.9. The summed E-state index contributed by atoms with van der Waals surface area (Å²) in [5.41, 5.74) is 2.99. The SMILES string of the molecule is CC(C)n1c(=O)sc2cc(NC(=O)C3CCN(Cc4ccc(Br)cc4)CC3)ccc21. The second kappa shape index (κ2) is 9.04. The number of aromatic nitrogens is 1. The van der Waals surface area contributed by atoms with E-state index in [1.807, 2.05) is 32.0 Å². The number of thiazole rings is 1. The van der Waals surface area contributed by atoms with Crippen molar-refractivity contribution in [3.63, 3.8) is 0 Å². The first-order valence-electron chi connectivity index (χ1n) is 10.3. The van der Waals surface area contributed by atoms with E-state index in [4.69, 9.17) is 0 Å². The van der Waals surface area contributed by atoms with Crippen molar-refractivity contribution >= 4 is 49.1 Å². The third-order valence-electron chi connectivity index (χ3n) is 5.68. The highest BCUT2D eigenvalue weighted by Gasteiger charge is 2.25. The van der Waals surface area contributed by atoms with Crippen molar-refractivity contribution in [2.75, 3.05) is 18.4 Å². The summed E-state index contributed by atoms with van der Waals surface area (Å²) in [7, 11) is 0. The van der Waals surface area contributed by atoms with Crippen LogP contribution in [0.2, 0.25) is 0 Å². The molecule has 0 atom stereocenters. The Hall–Kier alpha value is -1.96. The molecule has 1 fully saturated rings. The lowest BCUT2D eigenvalue weighted by Gasteiger charge is -2.31. The first-order chi connectivity index (χ1) is 14.4. The van der Waals surface area contributed by atoms with Crippen LogP contribution in [0, 0.1) is 5.92 Å². The molecule has 0 aliphatic carbocycles. The second-order valence-electron chi connectivity index (χ2n) is 8.18. The van der Waals surface area contributed by atoms with Gasteiger partial charge in [-0.2, -0.15) is 0 Å². The minimum absolute atomic E-state index is 0.0286. The minimum atomic E-state index is 0.0286. The maximum Gasteiger partial charge on any atom is 0.308 e. The molecule has 30 heavy (non-hydrogen) atoms. The van der Waals surface area contributed by atoms with E-state index in [0.717, 1.165) is 52.9 Å². The number of carbonyl (C=O) groups excluding carboxylic acids is 1. The van der Waals surface area contributed by atoms with Crippen molar-refractivity contribution in [3.05, 3.63) is 62.2 Å². The zero-order chi connectivity index (χ0) is 21.3. The number of hydrogen-bond acceptors (Lipinski definition) is 4. The van der Waals surface area contributed by atoms with E-state index in [2.05, 4.69) is 50.4 Å². The number of carbonyl (C=O) groups is 1. The Labute approximate surface area is 188 Å². The lowest BCUT2D eigenvalue weighted by Crippen LogP contribution is -2.37. The summed E-state index contributed by atoms with van der Waals surface area (Å²) in [6, 6.07) is 14.3. The van der Waals surface area contributed by atoms with Crippen LogP contribution >= 0.6 is 27.3 Å². The summed E-state index contributed by atoms with van der Waals surface area (Å²) >= 11 is 4.70. The van der Waals surface area contributed by atoms with Crippen molar-refractivity contribution < 1.29 is 4.79 Å². The first kappa shape index (κ1) is 21.3. The van der Waals surface area contributed by atoms with Gasteiger partial charge in [0.2, 0.25) is 5.91 Å². The van der Waals surface area contributed by atoms with Crippen LogP contribution < -0.4 is 10.2 Å². The molecule has 7 heteroatoms.